The van der Waals surface area contributed by atoms with Gasteiger partial charge in [0, 0.05) is 25.3 Å². The van der Waals surface area contributed by atoms with Crippen LogP contribution in [0.4, 0.5) is 4.39 Å². The Kier molecular flexibility index (Phi) is 5.96. The monoisotopic (exact) mass is 444 g/mol. The lowest BCUT2D eigenvalue weighted by Crippen LogP contribution is -2.38. The summed E-state index contributed by atoms with van der Waals surface area (Å²) >= 11 is 0. The highest BCUT2D eigenvalue weighted by molar-refractivity contribution is 7.89. The fourth-order valence-electron chi connectivity index (χ4n) is 3.93. The van der Waals surface area contributed by atoms with Crippen molar-refractivity contribution in [1.29, 1.82) is 0 Å². The van der Waals surface area contributed by atoms with Gasteiger partial charge >= 0.3 is 0 Å². The van der Waals surface area contributed by atoms with E-state index in [-0.39, 0.29) is 24.8 Å². The van der Waals surface area contributed by atoms with Crippen LogP contribution in [0.1, 0.15) is 29.5 Å². The number of hydrogen-bond donors (Lipinski definition) is 1. The molecule has 1 saturated heterocycles. The van der Waals surface area contributed by atoms with Gasteiger partial charge in [-0.3, -0.25) is 4.79 Å². The van der Waals surface area contributed by atoms with Crippen LogP contribution in [-0.4, -0.2) is 37.0 Å². The van der Waals surface area contributed by atoms with Crippen molar-refractivity contribution in [2.75, 3.05) is 13.2 Å². The lowest BCUT2D eigenvalue weighted by Gasteiger charge is -2.25. The SMILES string of the molecule is Cc1ccc2cc(CN(C[C@@H]3CCCO3)S(=O)(=O)c3ccccc3F)c(=O)[nH]c2c1C. The Bertz CT molecular complexity index is 1280. The Morgan fingerprint density at radius 3 is 2.68 bits per heavy atom. The fraction of sp³-hybridized carbons (Fsp3) is 0.348. The summed E-state index contributed by atoms with van der Waals surface area (Å²) in [7, 11) is -4.18. The van der Waals surface area contributed by atoms with Crippen molar-refractivity contribution < 1.29 is 17.5 Å². The van der Waals surface area contributed by atoms with Crippen LogP contribution in [0.5, 0.6) is 0 Å². The van der Waals surface area contributed by atoms with Gasteiger partial charge in [-0.25, -0.2) is 12.8 Å². The number of aromatic amines is 1. The first-order valence-electron chi connectivity index (χ1n) is 10.3. The predicted octanol–water partition coefficient (Wildman–Crippen LogP) is 3.65. The lowest BCUT2D eigenvalue weighted by atomic mass is 10.0. The third-order valence-electron chi connectivity index (χ3n) is 5.86. The maximum atomic E-state index is 14.4. The smallest absolute Gasteiger partial charge is 0.252 e. The number of sulfonamides is 1. The highest BCUT2D eigenvalue weighted by atomic mass is 32.2. The summed E-state index contributed by atoms with van der Waals surface area (Å²) in [5.74, 6) is -0.821. The number of ether oxygens (including phenoxy) is 1. The molecule has 2 aromatic carbocycles. The van der Waals surface area contributed by atoms with Crippen LogP contribution in [0, 0.1) is 19.7 Å². The molecule has 0 spiro atoms. The fourth-order valence-corrected chi connectivity index (χ4v) is 5.45. The van der Waals surface area contributed by atoms with Crippen molar-refractivity contribution >= 4 is 20.9 Å². The van der Waals surface area contributed by atoms with E-state index in [2.05, 4.69) is 4.98 Å². The minimum absolute atomic E-state index is 0.0566. The number of pyridine rings is 1. The second-order valence-corrected chi connectivity index (χ2v) is 9.86. The molecule has 0 unspecified atom stereocenters. The molecule has 0 aliphatic carbocycles. The standard InChI is InChI=1S/C23H25FN2O4S/c1-15-9-10-17-12-18(23(27)25-22(17)16(15)2)13-26(14-19-6-5-11-30-19)31(28,29)21-8-4-3-7-20(21)24/h3-4,7-10,12,19H,5-6,11,13-14H2,1-2H3,(H,25,27)/t19-/m0/s1. The van der Waals surface area contributed by atoms with Gasteiger partial charge in [-0.05, 0) is 61.4 Å². The average molecular weight is 445 g/mol. The van der Waals surface area contributed by atoms with Crippen LogP contribution in [0.3, 0.4) is 0 Å². The van der Waals surface area contributed by atoms with E-state index in [9.17, 15) is 17.6 Å². The van der Waals surface area contributed by atoms with Crippen molar-refractivity contribution in [3.63, 3.8) is 0 Å². The van der Waals surface area contributed by atoms with E-state index in [4.69, 9.17) is 4.74 Å². The molecule has 0 radical (unpaired) electrons. The molecule has 31 heavy (non-hydrogen) atoms. The molecule has 4 rings (SSSR count). The second kappa shape index (κ2) is 8.53. The van der Waals surface area contributed by atoms with Gasteiger partial charge < -0.3 is 9.72 Å². The van der Waals surface area contributed by atoms with Crippen LogP contribution < -0.4 is 5.56 Å². The van der Waals surface area contributed by atoms with Crippen LogP contribution in [0.2, 0.25) is 0 Å². The van der Waals surface area contributed by atoms with Crippen molar-refractivity contribution in [3.8, 4) is 0 Å². The number of halogens is 1. The first-order valence-corrected chi connectivity index (χ1v) is 11.7. The molecule has 8 heteroatoms. The number of nitrogens with one attached hydrogen (secondary N) is 1. The summed E-state index contributed by atoms with van der Waals surface area (Å²) in [5, 5.41) is 0.818. The van der Waals surface area contributed by atoms with Crippen LogP contribution >= 0.6 is 0 Å². The van der Waals surface area contributed by atoms with Crippen molar-refractivity contribution in [2.24, 2.45) is 0 Å². The van der Waals surface area contributed by atoms with E-state index in [0.29, 0.717) is 12.2 Å². The molecule has 0 saturated carbocycles. The van der Waals surface area contributed by atoms with Gasteiger partial charge in [-0.15, -0.1) is 0 Å². The van der Waals surface area contributed by atoms with E-state index in [0.717, 1.165) is 45.2 Å². The van der Waals surface area contributed by atoms with E-state index in [1.54, 1.807) is 6.07 Å². The number of aromatic nitrogens is 1. The third kappa shape index (κ3) is 4.28. The highest BCUT2D eigenvalue weighted by Gasteiger charge is 2.31. The zero-order valence-electron chi connectivity index (χ0n) is 17.5. The Hall–Kier alpha value is -2.55. The Labute approximate surface area is 180 Å². The maximum absolute atomic E-state index is 14.4. The average Bonchev–Trinajstić information content (AvgIpc) is 3.25. The van der Waals surface area contributed by atoms with E-state index in [1.807, 2.05) is 26.0 Å². The number of H-pyrrole nitrogens is 1. The molecule has 1 N–H and O–H groups in total. The van der Waals surface area contributed by atoms with Gasteiger partial charge in [0.05, 0.1) is 11.6 Å². The van der Waals surface area contributed by atoms with Crippen LogP contribution in [0.25, 0.3) is 10.9 Å². The minimum atomic E-state index is -4.18. The van der Waals surface area contributed by atoms with Gasteiger partial charge in [0.25, 0.3) is 5.56 Å². The summed E-state index contributed by atoms with van der Waals surface area (Å²) in [6.07, 6.45) is 1.27. The molecule has 3 aromatic rings. The summed E-state index contributed by atoms with van der Waals surface area (Å²) in [5.41, 5.74) is 2.70. The molecular weight excluding hydrogens is 419 g/mol. The second-order valence-electron chi connectivity index (χ2n) is 7.96. The van der Waals surface area contributed by atoms with Gasteiger partial charge in [0.2, 0.25) is 10.0 Å². The lowest BCUT2D eigenvalue weighted by molar-refractivity contribution is 0.0924. The quantitative estimate of drug-likeness (QED) is 0.629. The van der Waals surface area contributed by atoms with Crippen molar-refractivity contribution in [3.05, 3.63) is 75.3 Å². The largest absolute Gasteiger partial charge is 0.377 e. The topological polar surface area (TPSA) is 79.5 Å². The Morgan fingerprint density at radius 2 is 1.97 bits per heavy atom. The molecule has 1 aromatic heterocycles. The molecular formula is C23H25FN2O4S. The third-order valence-corrected chi connectivity index (χ3v) is 7.71. The molecule has 1 atom stereocenters. The number of fused-ring (bicyclic) bond motifs is 1. The molecule has 1 aliphatic heterocycles. The number of aryl methyl sites for hydroxylation is 2. The van der Waals surface area contributed by atoms with Crippen molar-refractivity contribution in [2.45, 2.75) is 44.2 Å². The summed E-state index contributed by atoms with van der Waals surface area (Å²) in [4.78, 5) is 15.3. The van der Waals surface area contributed by atoms with E-state index < -0.39 is 20.7 Å². The van der Waals surface area contributed by atoms with Gasteiger partial charge in [-0.2, -0.15) is 4.31 Å². The zero-order valence-corrected chi connectivity index (χ0v) is 18.3. The summed E-state index contributed by atoms with van der Waals surface area (Å²) in [6.45, 7) is 4.34. The molecule has 1 fully saturated rings. The zero-order chi connectivity index (χ0) is 22.2. The van der Waals surface area contributed by atoms with E-state index in [1.165, 1.54) is 18.2 Å². The van der Waals surface area contributed by atoms with Gasteiger partial charge in [0.15, 0.2) is 0 Å². The molecule has 164 valence electrons. The van der Waals surface area contributed by atoms with Crippen molar-refractivity contribution in [1.82, 2.24) is 9.29 Å². The summed E-state index contributed by atoms with van der Waals surface area (Å²) in [6, 6.07) is 10.8. The van der Waals surface area contributed by atoms with E-state index >= 15 is 0 Å². The predicted molar refractivity (Wildman–Crippen MR) is 117 cm³/mol. The maximum Gasteiger partial charge on any atom is 0.252 e. The molecule has 2 heterocycles. The van der Waals surface area contributed by atoms with Gasteiger partial charge in [-0.1, -0.05) is 24.3 Å². The molecule has 1 aliphatic rings. The molecule has 6 nitrogen and oxygen atoms in total. The molecule has 0 amide bonds. The Balaban J connectivity index is 1.76. The number of hydrogen-bond acceptors (Lipinski definition) is 4. The highest BCUT2D eigenvalue weighted by Crippen LogP contribution is 2.25. The molecule has 0 bridgehead atoms. The minimum Gasteiger partial charge on any atom is -0.377 e. The first-order chi connectivity index (χ1) is 14.8. The normalized spacial score (nSPS) is 17.0. The first kappa shape index (κ1) is 21.7. The summed E-state index contributed by atoms with van der Waals surface area (Å²) < 4.78 is 47.8. The Morgan fingerprint density at radius 1 is 1.19 bits per heavy atom. The van der Waals surface area contributed by atoms with Gasteiger partial charge in [0.1, 0.15) is 10.7 Å². The number of benzene rings is 2. The number of nitrogens with zero attached hydrogens (tertiary/aromatic N) is 1. The van der Waals surface area contributed by atoms with Crippen LogP contribution in [0.15, 0.2) is 52.2 Å². The van der Waals surface area contributed by atoms with Crippen LogP contribution in [-0.2, 0) is 21.3 Å². The number of rotatable bonds is 6.